The minimum Gasteiger partial charge on any atom is -0.480 e. The summed E-state index contributed by atoms with van der Waals surface area (Å²) in [7, 11) is 0. The van der Waals surface area contributed by atoms with Crippen LogP contribution in [0.25, 0.3) is 0 Å². The van der Waals surface area contributed by atoms with E-state index in [1.54, 1.807) is 0 Å². The molecule has 0 aliphatic carbocycles. The summed E-state index contributed by atoms with van der Waals surface area (Å²) in [6.45, 7) is 0.800. The van der Waals surface area contributed by atoms with Crippen LogP contribution in [-0.2, 0) is 11.2 Å². The van der Waals surface area contributed by atoms with Gasteiger partial charge in [0.05, 0.1) is 11.4 Å². The number of benzene rings is 1. The number of para-hydroxylation sites is 1. The highest BCUT2D eigenvalue weighted by molar-refractivity contribution is 5.79. The molecule has 0 fully saturated rings. The fourth-order valence-electron chi connectivity index (χ4n) is 2.09. The molecule has 0 aromatic heterocycles. The van der Waals surface area contributed by atoms with Gasteiger partial charge in [0.1, 0.15) is 6.54 Å². The fraction of sp³-hybridized carbons (Fsp3) is 0.364. The molecule has 0 atom stereocenters. The van der Waals surface area contributed by atoms with E-state index in [4.69, 9.17) is 10.8 Å². The first-order chi connectivity index (χ1) is 7.18. The first kappa shape index (κ1) is 9.83. The van der Waals surface area contributed by atoms with Crippen LogP contribution in [0.15, 0.2) is 18.2 Å². The largest absolute Gasteiger partial charge is 0.480 e. The number of hydrogen-bond donors (Lipinski definition) is 2. The zero-order chi connectivity index (χ0) is 10.8. The quantitative estimate of drug-likeness (QED) is 0.711. The van der Waals surface area contributed by atoms with Crippen molar-refractivity contribution in [3.05, 3.63) is 23.8 Å². The normalized spacial score (nSPS) is 14.8. The van der Waals surface area contributed by atoms with Gasteiger partial charge in [0.15, 0.2) is 0 Å². The summed E-state index contributed by atoms with van der Waals surface area (Å²) in [5.41, 5.74) is 8.61. The van der Waals surface area contributed by atoms with Gasteiger partial charge in [-0.05, 0) is 24.5 Å². The van der Waals surface area contributed by atoms with Crippen molar-refractivity contribution in [3.63, 3.8) is 0 Å². The van der Waals surface area contributed by atoms with Crippen molar-refractivity contribution in [2.24, 2.45) is 0 Å². The molecule has 2 rings (SSSR count). The van der Waals surface area contributed by atoms with Crippen molar-refractivity contribution >= 4 is 17.3 Å². The number of carboxylic acid groups (broad SMARTS) is 1. The third-order valence-electron chi connectivity index (χ3n) is 2.67. The van der Waals surface area contributed by atoms with Crippen molar-refractivity contribution in [1.29, 1.82) is 0 Å². The number of carboxylic acids is 1. The number of fused-ring (bicyclic) bond motifs is 1. The van der Waals surface area contributed by atoms with Gasteiger partial charge in [0.2, 0.25) is 0 Å². The number of nitrogens with zero attached hydrogens (tertiary/aromatic N) is 1. The van der Waals surface area contributed by atoms with E-state index in [9.17, 15) is 4.79 Å². The predicted octanol–water partition coefficient (Wildman–Crippen LogP) is 1.11. The van der Waals surface area contributed by atoms with Crippen LogP contribution in [0.1, 0.15) is 12.0 Å². The molecule has 1 heterocycles. The highest BCUT2D eigenvalue weighted by atomic mass is 16.4. The van der Waals surface area contributed by atoms with Gasteiger partial charge in [-0.3, -0.25) is 4.79 Å². The van der Waals surface area contributed by atoms with Crippen LogP contribution >= 0.6 is 0 Å². The highest BCUT2D eigenvalue weighted by Crippen LogP contribution is 2.32. The molecule has 0 unspecified atom stereocenters. The van der Waals surface area contributed by atoms with Gasteiger partial charge in [-0.2, -0.15) is 0 Å². The standard InChI is InChI=1S/C11H14N2O2/c12-9-5-1-3-8-4-2-6-13(11(8)9)7-10(14)15/h1,3,5H,2,4,6-7,12H2,(H,14,15). The zero-order valence-corrected chi connectivity index (χ0v) is 8.44. The number of nitrogens with two attached hydrogens (primary N) is 1. The van der Waals surface area contributed by atoms with Crippen LogP contribution in [-0.4, -0.2) is 24.2 Å². The molecule has 0 radical (unpaired) electrons. The first-order valence-electron chi connectivity index (χ1n) is 5.02. The Morgan fingerprint density at radius 3 is 3.07 bits per heavy atom. The molecular weight excluding hydrogens is 192 g/mol. The summed E-state index contributed by atoms with van der Waals surface area (Å²) < 4.78 is 0. The van der Waals surface area contributed by atoms with E-state index in [2.05, 4.69) is 0 Å². The lowest BCUT2D eigenvalue weighted by molar-refractivity contribution is -0.135. The van der Waals surface area contributed by atoms with E-state index in [1.165, 1.54) is 0 Å². The summed E-state index contributed by atoms with van der Waals surface area (Å²) >= 11 is 0. The third-order valence-corrected chi connectivity index (χ3v) is 2.67. The Morgan fingerprint density at radius 1 is 1.53 bits per heavy atom. The first-order valence-corrected chi connectivity index (χ1v) is 5.02. The monoisotopic (exact) mass is 206 g/mol. The van der Waals surface area contributed by atoms with E-state index >= 15 is 0 Å². The molecule has 0 saturated carbocycles. The maximum absolute atomic E-state index is 10.7. The number of carbonyl (C=O) groups is 1. The topological polar surface area (TPSA) is 66.6 Å². The average Bonchev–Trinajstić information content (AvgIpc) is 2.17. The van der Waals surface area contributed by atoms with Crippen molar-refractivity contribution < 1.29 is 9.90 Å². The summed E-state index contributed by atoms with van der Waals surface area (Å²) in [4.78, 5) is 12.5. The van der Waals surface area contributed by atoms with E-state index in [0.29, 0.717) is 5.69 Å². The molecule has 0 amide bonds. The highest BCUT2D eigenvalue weighted by Gasteiger charge is 2.20. The molecule has 1 aromatic carbocycles. The minimum atomic E-state index is -0.814. The molecule has 1 aromatic rings. The molecular formula is C11H14N2O2. The third kappa shape index (κ3) is 1.88. The van der Waals surface area contributed by atoms with E-state index < -0.39 is 5.97 Å². The van der Waals surface area contributed by atoms with Gasteiger partial charge in [-0.15, -0.1) is 0 Å². The van der Waals surface area contributed by atoms with Gasteiger partial charge in [-0.1, -0.05) is 12.1 Å². The number of nitrogen functional groups attached to an aromatic ring is 1. The van der Waals surface area contributed by atoms with Gasteiger partial charge < -0.3 is 15.7 Å². The summed E-state index contributed by atoms with van der Waals surface area (Å²) in [6.07, 6.45) is 1.97. The lowest BCUT2D eigenvalue weighted by atomic mass is 10.0. The number of rotatable bonds is 2. The molecule has 15 heavy (non-hydrogen) atoms. The molecule has 1 aliphatic heterocycles. The zero-order valence-electron chi connectivity index (χ0n) is 8.44. The molecule has 80 valence electrons. The van der Waals surface area contributed by atoms with Gasteiger partial charge in [0.25, 0.3) is 0 Å². The van der Waals surface area contributed by atoms with Gasteiger partial charge in [0, 0.05) is 6.54 Å². The molecule has 0 saturated heterocycles. The summed E-state index contributed by atoms with van der Waals surface area (Å²) in [6, 6.07) is 5.75. The summed E-state index contributed by atoms with van der Waals surface area (Å²) in [5, 5.41) is 8.80. The molecule has 4 nitrogen and oxygen atoms in total. The second-order valence-corrected chi connectivity index (χ2v) is 3.77. The smallest absolute Gasteiger partial charge is 0.323 e. The average molecular weight is 206 g/mol. The van der Waals surface area contributed by atoms with E-state index in [1.807, 2.05) is 23.1 Å². The van der Waals surface area contributed by atoms with Crippen LogP contribution in [0.4, 0.5) is 11.4 Å². The Morgan fingerprint density at radius 2 is 2.33 bits per heavy atom. The number of anilines is 2. The van der Waals surface area contributed by atoms with Crippen LogP contribution < -0.4 is 10.6 Å². The van der Waals surface area contributed by atoms with Crippen LogP contribution in [0, 0.1) is 0 Å². The second-order valence-electron chi connectivity index (χ2n) is 3.77. The Labute approximate surface area is 88.3 Å². The van der Waals surface area contributed by atoms with Gasteiger partial charge >= 0.3 is 5.97 Å². The maximum atomic E-state index is 10.7. The van der Waals surface area contributed by atoms with Crippen LogP contribution in [0.3, 0.4) is 0 Å². The van der Waals surface area contributed by atoms with Crippen molar-refractivity contribution in [3.8, 4) is 0 Å². The SMILES string of the molecule is Nc1cccc2c1N(CC(=O)O)CCC2. The van der Waals surface area contributed by atoms with Crippen molar-refractivity contribution in [2.75, 3.05) is 23.7 Å². The minimum absolute atomic E-state index is 0.0290. The Hall–Kier alpha value is -1.71. The Kier molecular flexibility index (Phi) is 2.49. The van der Waals surface area contributed by atoms with Crippen molar-refractivity contribution in [1.82, 2.24) is 0 Å². The van der Waals surface area contributed by atoms with E-state index in [0.717, 1.165) is 30.6 Å². The molecule has 0 bridgehead atoms. The van der Waals surface area contributed by atoms with E-state index in [-0.39, 0.29) is 6.54 Å². The molecule has 4 heteroatoms. The maximum Gasteiger partial charge on any atom is 0.323 e. The molecule has 1 aliphatic rings. The van der Waals surface area contributed by atoms with Crippen LogP contribution in [0.2, 0.25) is 0 Å². The lowest BCUT2D eigenvalue weighted by Crippen LogP contribution is -2.34. The summed E-state index contributed by atoms with van der Waals surface area (Å²) in [5.74, 6) is -0.814. The number of aryl methyl sites for hydroxylation is 1. The number of aliphatic carboxylic acids is 1. The van der Waals surface area contributed by atoms with Gasteiger partial charge in [-0.25, -0.2) is 0 Å². The Bertz CT molecular complexity index is 390. The Balaban J connectivity index is 2.36. The molecule has 0 spiro atoms. The second kappa shape index (κ2) is 3.81. The predicted molar refractivity (Wildman–Crippen MR) is 59.0 cm³/mol. The number of hydrogen-bond acceptors (Lipinski definition) is 3. The molecule has 3 N–H and O–H groups in total. The lowest BCUT2D eigenvalue weighted by Gasteiger charge is -2.30. The van der Waals surface area contributed by atoms with Crippen molar-refractivity contribution in [2.45, 2.75) is 12.8 Å². The fourth-order valence-corrected chi connectivity index (χ4v) is 2.09. The van der Waals surface area contributed by atoms with Crippen LogP contribution in [0.5, 0.6) is 0 Å².